The number of rotatable bonds is 1. The SMILES string of the molecule is CC(C)(C)NC1=NC(C)(c2ccc(I)cc2)CS1. The summed E-state index contributed by atoms with van der Waals surface area (Å²) in [5, 5.41) is 4.52. The van der Waals surface area contributed by atoms with Gasteiger partial charge < -0.3 is 5.32 Å². The Morgan fingerprint density at radius 1 is 1.28 bits per heavy atom. The number of benzene rings is 1. The Balaban J connectivity index is 2.21. The van der Waals surface area contributed by atoms with Gasteiger partial charge in [-0.3, -0.25) is 4.99 Å². The second-order valence-electron chi connectivity index (χ2n) is 5.86. The summed E-state index contributed by atoms with van der Waals surface area (Å²) in [6.07, 6.45) is 0. The molecule has 0 saturated heterocycles. The predicted octanol–water partition coefficient (Wildman–Crippen LogP) is 4.00. The van der Waals surface area contributed by atoms with E-state index < -0.39 is 0 Å². The molecule has 1 aliphatic heterocycles. The van der Waals surface area contributed by atoms with Crippen LogP contribution in [0.5, 0.6) is 0 Å². The summed E-state index contributed by atoms with van der Waals surface area (Å²) < 4.78 is 1.27. The van der Waals surface area contributed by atoms with Gasteiger partial charge in [0, 0.05) is 14.9 Å². The fourth-order valence-corrected chi connectivity index (χ4v) is 3.49. The van der Waals surface area contributed by atoms with Crippen LogP contribution in [0.4, 0.5) is 0 Å². The number of halogens is 1. The minimum Gasteiger partial charge on any atom is -0.360 e. The number of aliphatic imine (C=N–C) groups is 1. The molecule has 1 atom stereocenters. The van der Waals surface area contributed by atoms with Crippen molar-refractivity contribution in [1.82, 2.24) is 5.32 Å². The molecule has 0 aromatic heterocycles. The summed E-state index contributed by atoms with van der Waals surface area (Å²) in [5.41, 5.74) is 1.27. The minimum absolute atomic E-state index is 0.0726. The lowest BCUT2D eigenvalue weighted by molar-refractivity contribution is 0.508. The highest BCUT2D eigenvalue weighted by Gasteiger charge is 2.33. The Morgan fingerprint density at radius 2 is 1.89 bits per heavy atom. The van der Waals surface area contributed by atoms with Gasteiger partial charge in [0.25, 0.3) is 0 Å². The molecule has 0 spiro atoms. The fourth-order valence-electron chi connectivity index (χ4n) is 1.84. The molecular formula is C14H19IN2S. The lowest BCUT2D eigenvalue weighted by Gasteiger charge is -2.22. The third-order valence-electron chi connectivity index (χ3n) is 2.79. The van der Waals surface area contributed by atoms with E-state index in [0.717, 1.165) is 10.9 Å². The number of hydrogen-bond donors (Lipinski definition) is 1. The van der Waals surface area contributed by atoms with Crippen molar-refractivity contribution < 1.29 is 0 Å². The van der Waals surface area contributed by atoms with Crippen molar-refractivity contribution in [2.45, 2.75) is 38.8 Å². The highest BCUT2D eigenvalue weighted by Crippen LogP contribution is 2.36. The molecule has 0 bridgehead atoms. The standard InChI is InChI=1S/C14H19IN2S/c1-13(2,3)16-12-17-14(4,9-18-12)10-5-7-11(15)8-6-10/h5-8H,9H2,1-4H3,(H,16,17). The number of nitrogens with zero attached hydrogens (tertiary/aromatic N) is 1. The second-order valence-corrected chi connectivity index (χ2v) is 8.07. The average Bonchev–Trinajstić information content (AvgIpc) is 2.59. The third-order valence-corrected chi connectivity index (χ3v) is 4.68. The first-order valence-electron chi connectivity index (χ1n) is 6.05. The van der Waals surface area contributed by atoms with E-state index in [4.69, 9.17) is 4.99 Å². The van der Waals surface area contributed by atoms with Crippen LogP contribution >= 0.6 is 34.4 Å². The van der Waals surface area contributed by atoms with Gasteiger partial charge in [0.2, 0.25) is 0 Å². The Hall–Kier alpha value is -0.230. The molecule has 0 amide bonds. The van der Waals surface area contributed by atoms with E-state index in [2.05, 4.69) is 79.9 Å². The molecule has 1 aliphatic rings. The van der Waals surface area contributed by atoms with Crippen LogP contribution in [0, 0.1) is 3.57 Å². The van der Waals surface area contributed by atoms with Crippen LogP contribution in [0.25, 0.3) is 0 Å². The van der Waals surface area contributed by atoms with E-state index in [0.29, 0.717) is 0 Å². The summed E-state index contributed by atoms with van der Waals surface area (Å²) in [7, 11) is 0. The average molecular weight is 374 g/mol. The first-order chi connectivity index (χ1) is 8.28. The zero-order valence-corrected chi connectivity index (χ0v) is 14.2. The summed E-state index contributed by atoms with van der Waals surface area (Å²) in [6, 6.07) is 8.67. The van der Waals surface area contributed by atoms with Gasteiger partial charge in [-0.1, -0.05) is 23.9 Å². The molecule has 0 aliphatic carbocycles. The molecule has 0 radical (unpaired) electrons. The highest BCUT2D eigenvalue weighted by atomic mass is 127. The molecule has 1 N–H and O–H groups in total. The van der Waals surface area contributed by atoms with Gasteiger partial charge in [0.15, 0.2) is 5.17 Å². The van der Waals surface area contributed by atoms with E-state index in [-0.39, 0.29) is 11.1 Å². The first kappa shape index (κ1) is 14.2. The van der Waals surface area contributed by atoms with Crippen molar-refractivity contribution >= 4 is 39.5 Å². The van der Waals surface area contributed by atoms with E-state index in [1.54, 1.807) is 0 Å². The summed E-state index contributed by atoms with van der Waals surface area (Å²) in [5.74, 6) is 1.01. The van der Waals surface area contributed by atoms with Crippen LogP contribution < -0.4 is 5.32 Å². The van der Waals surface area contributed by atoms with Crippen LogP contribution in [0.3, 0.4) is 0 Å². The van der Waals surface area contributed by atoms with Gasteiger partial charge in [0.05, 0.1) is 5.54 Å². The molecular weight excluding hydrogens is 355 g/mol. The van der Waals surface area contributed by atoms with Gasteiger partial charge in [-0.15, -0.1) is 0 Å². The third kappa shape index (κ3) is 3.41. The van der Waals surface area contributed by atoms with Crippen LogP contribution in [0.1, 0.15) is 33.3 Å². The van der Waals surface area contributed by atoms with Crippen molar-refractivity contribution in [3.63, 3.8) is 0 Å². The van der Waals surface area contributed by atoms with E-state index >= 15 is 0 Å². The monoisotopic (exact) mass is 374 g/mol. The summed E-state index contributed by atoms with van der Waals surface area (Å²) >= 11 is 4.15. The topological polar surface area (TPSA) is 24.4 Å². The maximum Gasteiger partial charge on any atom is 0.157 e. The zero-order valence-electron chi connectivity index (χ0n) is 11.2. The molecule has 4 heteroatoms. The molecule has 1 aromatic carbocycles. The second kappa shape index (κ2) is 5.04. The van der Waals surface area contributed by atoms with Gasteiger partial charge >= 0.3 is 0 Å². The molecule has 18 heavy (non-hydrogen) atoms. The highest BCUT2D eigenvalue weighted by molar-refractivity contribution is 14.1. The molecule has 1 heterocycles. The molecule has 1 aromatic rings. The molecule has 0 saturated carbocycles. The van der Waals surface area contributed by atoms with Crippen molar-refractivity contribution in [3.8, 4) is 0 Å². The van der Waals surface area contributed by atoms with E-state index in [1.165, 1.54) is 9.13 Å². The normalized spacial score (nSPS) is 23.9. The van der Waals surface area contributed by atoms with Crippen molar-refractivity contribution in [2.24, 2.45) is 4.99 Å². The Bertz CT molecular complexity index is 462. The maximum atomic E-state index is 4.87. The summed E-state index contributed by atoms with van der Waals surface area (Å²) in [4.78, 5) is 4.87. The van der Waals surface area contributed by atoms with Crippen LogP contribution in [0.2, 0.25) is 0 Å². The van der Waals surface area contributed by atoms with E-state index in [9.17, 15) is 0 Å². The summed E-state index contributed by atoms with van der Waals surface area (Å²) in [6.45, 7) is 8.70. The Kier molecular flexibility index (Phi) is 3.97. The molecule has 2 rings (SSSR count). The first-order valence-corrected chi connectivity index (χ1v) is 8.12. The van der Waals surface area contributed by atoms with Crippen LogP contribution in [0.15, 0.2) is 29.3 Å². The Morgan fingerprint density at radius 3 is 2.44 bits per heavy atom. The van der Waals surface area contributed by atoms with Crippen molar-refractivity contribution in [3.05, 3.63) is 33.4 Å². The zero-order chi connectivity index (χ0) is 13.4. The smallest absolute Gasteiger partial charge is 0.157 e. The number of amidine groups is 1. The predicted molar refractivity (Wildman–Crippen MR) is 89.3 cm³/mol. The lowest BCUT2D eigenvalue weighted by Crippen LogP contribution is -2.38. The van der Waals surface area contributed by atoms with Crippen molar-refractivity contribution in [1.29, 1.82) is 0 Å². The molecule has 2 nitrogen and oxygen atoms in total. The minimum atomic E-state index is -0.0947. The number of thioether (sulfide) groups is 1. The quantitative estimate of drug-likeness (QED) is 0.752. The molecule has 0 fully saturated rings. The molecule has 1 unspecified atom stereocenters. The van der Waals surface area contributed by atoms with Gasteiger partial charge in [0.1, 0.15) is 0 Å². The number of hydrogen-bond acceptors (Lipinski definition) is 3. The van der Waals surface area contributed by atoms with Crippen LogP contribution in [-0.4, -0.2) is 16.5 Å². The maximum absolute atomic E-state index is 4.87. The Labute approximate surface area is 127 Å². The van der Waals surface area contributed by atoms with Gasteiger partial charge in [-0.2, -0.15) is 0 Å². The van der Waals surface area contributed by atoms with Crippen LogP contribution in [-0.2, 0) is 5.54 Å². The largest absolute Gasteiger partial charge is 0.360 e. The fraction of sp³-hybridized carbons (Fsp3) is 0.500. The number of nitrogens with one attached hydrogen (secondary N) is 1. The van der Waals surface area contributed by atoms with Crippen molar-refractivity contribution in [2.75, 3.05) is 5.75 Å². The van der Waals surface area contributed by atoms with Gasteiger partial charge in [-0.05, 0) is 68.0 Å². The van der Waals surface area contributed by atoms with E-state index in [1.807, 2.05) is 11.8 Å². The molecule has 98 valence electrons. The van der Waals surface area contributed by atoms with Gasteiger partial charge in [-0.25, -0.2) is 0 Å². The lowest BCUT2D eigenvalue weighted by atomic mass is 9.95.